The molecule has 0 saturated carbocycles. The van der Waals surface area contributed by atoms with Crippen LogP contribution in [0.2, 0.25) is 0 Å². The molecule has 2 heterocycles. The maximum Gasteiger partial charge on any atom is 0.244 e. The molecule has 1 N–H and O–H groups in total. The van der Waals surface area contributed by atoms with Gasteiger partial charge in [0.25, 0.3) is 0 Å². The van der Waals surface area contributed by atoms with E-state index in [4.69, 9.17) is 0 Å². The number of hydroxylamine groups is 1. The van der Waals surface area contributed by atoms with E-state index in [0.29, 0.717) is 13.1 Å². The molecule has 7 nitrogen and oxygen atoms in total. The summed E-state index contributed by atoms with van der Waals surface area (Å²) in [5.74, 6) is -0.347. The van der Waals surface area contributed by atoms with Crippen molar-refractivity contribution in [1.29, 1.82) is 0 Å². The Kier molecular flexibility index (Phi) is 5.76. The van der Waals surface area contributed by atoms with Crippen molar-refractivity contribution >= 4 is 17.7 Å². The number of rotatable bonds is 4. The maximum absolute atomic E-state index is 12.6. The van der Waals surface area contributed by atoms with E-state index < -0.39 is 0 Å². The third-order valence-electron chi connectivity index (χ3n) is 4.58. The quantitative estimate of drug-likeness (QED) is 0.758. The van der Waals surface area contributed by atoms with E-state index in [2.05, 4.69) is 10.3 Å². The predicted octanol–water partition coefficient (Wildman–Crippen LogP) is 0.304. The molecule has 2 saturated heterocycles. The zero-order chi connectivity index (χ0) is 16.1. The normalized spacial score (nSPS) is 23.5. The van der Waals surface area contributed by atoms with Crippen molar-refractivity contribution in [2.45, 2.75) is 45.1 Å². The average Bonchev–Trinajstić information content (AvgIpc) is 2.50. The number of hydrogen-bond donors (Lipinski definition) is 1. The molecule has 1 atom stereocenters. The Morgan fingerprint density at radius 2 is 1.91 bits per heavy atom. The van der Waals surface area contributed by atoms with E-state index in [0.717, 1.165) is 32.2 Å². The molecular weight excluding hydrogens is 286 g/mol. The fourth-order valence-corrected chi connectivity index (χ4v) is 3.40. The second kappa shape index (κ2) is 7.58. The summed E-state index contributed by atoms with van der Waals surface area (Å²) >= 11 is 0. The number of nitrogens with zero attached hydrogens (tertiary/aromatic N) is 2. The van der Waals surface area contributed by atoms with Crippen LogP contribution in [0.1, 0.15) is 39.0 Å². The third kappa shape index (κ3) is 3.97. The highest BCUT2D eigenvalue weighted by Crippen LogP contribution is 2.26. The van der Waals surface area contributed by atoms with Gasteiger partial charge in [0.15, 0.2) is 0 Å². The fraction of sp³-hybridized carbons (Fsp3) is 0.800. The Hall–Kier alpha value is -1.63. The zero-order valence-corrected chi connectivity index (χ0v) is 13.3. The van der Waals surface area contributed by atoms with Crippen LogP contribution in [0.3, 0.4) is 0 Å². The molecule has 3 amide bonds. The molecule has 22 heavy (non-hydrogen) atoms. The van der Waals surface area contributed by atoms with Crippen molar-refractivity contribution in [3.8, 4) is 0 Å². The van der Waals surface area contributed by atoms with Crippen LogP contribution in [0.25, 0.3) is 0 Å². The smallest absolute Gasteiger partial charge is 0.244 e. The Bertz CT molecular complexity index is 433. The van der Waals surface area contributed by atoms with E-state index in [1.54, 1.807) is 6.92 Å². The van der Waals surface area contributed by atoms with Gasteiger partial charge in [-0.05, 0) is 25.7 Å². The summed E-state index contributed by atoms with van der Waals surface area (Å²) in [6.45, 7) is 3.75. The van der Waals surface area contributed by atoms with Crippen molar-refractivity contribution in [2.24, 2.45) is 5.92 Å². The molecule has 0 bridgehead atoms. The van der Waals surface area contributed by atoms with Crippen LogP contribution < -0.4 is 5.48 Å². The number of piperidine rings is 2. The Morgan fingerprint density at radius 3 is 2.50 bits per heavy atom. The molecule has 7 heteroatoms. The molecule has 0 aromatic heterocycles. The van der Waals surface area contributed by atoms with Crippen molar-refractivity contribution in [3.05, 3.63) is 0 Å². The van der Waals surface area contributed by atoms with Gasteiger partial charge in [0.1, 0.15) is 0 Å². The molecule has 0 radical (unpaired) electrons. The van der Waals surface area contributed by atoms with E-state index in [1.165, 1.54) is 7.11 Å². The lowest BCUT2D eigenvalue weighted by Crippen LogP contribution is -2.52. The highest BCUT2D eigenvalue weighted by molar-refractivity contribution is 5.86. The molecule has 2 rings (SSSR count). The van der Waals surface area contributed by atoms with Crippen LogP contribution >= 0.6 is 0 Å². The largest absolute Gasteiger partial charge is 0.343 e. The predicted molar refractivity (Wildman–Crippen MR) is 79.5 cm³/mol. The molecule has 2 fully saturated rings. The zero-order valence-electron chi connectivity index (χ0n) is 13.3. The van der Waals surface area contributed by atoms with Gasteiger partial charge < -0.3 is 9.80 Å². The summed E-state index contributed by atoms with van der Waals surface area (Å²) in [6, 6.07) is 0.191. The molecule has 124 valence electrons. The van der Waals surface area contributed by atoms with E-state index in [1.807, 2.05) is 9.80 Å². The Balaban J connectivity index is 1.90. The van der Waals surface area contributed by atoms with E-state index in [9.17, 15) is 14.4 Å². The summed E-state index contributed by atoms with van der Waals surface area (Å²) in [6.07, 6.45) is 3.49. The SMILES string of the molecule is CONC(=O)CC1CCCN(C2CCN(C(C)=O)CC2)C1=O. The van der Waals surface area contributed by atoms with Crippen molar-refractivity contribution < 1.29 is 19.2 Å². The maximum atomic E-state index is 12.6. The molecule has 2 aliphatic rings. The highest BCUT2D eigenvalue weighted by atomic mass is 16.6. The average molecular weight is 311 g/mol. The number of nitrogens with one attached hydrogen (secondary N) is 1. The monoisotopic (exact) mass is 311 g/mol. The van der Waals surface area contributed by atoms with Crippen LogP contribution in [-0.2, 0) is 19.2 Å². The minimum atomic E-state index is -0.255. The third-order valence-corrected chi connectivity index (χ3v) is 4.58. The lowest BCUT2D eigenvalue weighted by molar-refractivity contribution is -0.147. The highest BCUT2D eigenvalue weighted by Gasteiger charge is 2.35. The summed E-state index contributed by atoms with van der Waals surface area (Å²) in [5, 5.41) is 0. The Morgan fingerprint density at radius 1 is 1.23 bits per heavy atom. The standard InChI is InChI=1S/C15H25N3O4/c1-11(19)17-8-5-13(6-9-17)18-7-3-4-12(15(18)21)10-14(20)16-22-2/h12-13H,3-10H2,1-2H3,(H,16,20). The lowest BCUT2D eigenvalue weighted by atomic mass is 9.90. The first-order chi connectivity index (χ1) is 10.5. The summed E-state index contributed by atoms with van der Waals surface area (Å²) in [4.78, 5) is 43.9. The molecule has 2 aliphatic heterocycles. The van der Waals surface area contributed by atoms with Gasteiger partial charge in [-0.1, -0.05) is 0 Å². The first-order valence-corrected chi connectivity index (χ1v) is 7.90. The first kappa shape index (κ1) is 16.7. The van der Waals surface area contributed by atoms with Crippen LogP contribution in [0, 0.1) is 5.92 Å². The molecular formula is C15H25N3O4. The van der Waals surface area contributed by atoms with Gasteiger partial charge in [0.05, 0.1) is 7.11 Å². The number of carbonyl (C=O) groups is 3. The molecule has 0 aromatic rings. The second-order valence-electron chi connectivity index (χ2n) is 6.04. The minimum Gasteiger partial charge on any atom is -0.343 e. The second-order valence-corrected chi connectivity index (χ2v) is 6.04. The van der Waals surface area contributed by atoms with Crippen LogP contribution in [0.5, 0.6) is 0 Å². The van der Waals surface area contributed by atoms with Crippen molar-refractivity contribution in [3.63, 3.8) is 0 Å². The van der Waals surface area contributed by atoms with Crippen molar-refractivity contribution in [1.82, 2.24) is 15.3 Å². The van der Waals surface area contributed by atoms with E-state index in [-0.39, 0.29) is 36.1 Å². The molecule has 0 spiro atoms. The van der Waals surface area contributed by atoms with Gasteiger partial charge >= 0.3 is 0 Å². The van der Waals surface area contributed by atoms with Gasteiger partial charge in [0, 0.05) is 44.9 Å². The molecule has 0 aliphatic carbocycles. The van der Waals surface area contributed by atoms with Gasteiger partial charge in [-0.25, -0.2) is 5.48 Å². The summed E-state index contributed by atoms with van der Waals surface area (Å²) in [5.41, 5.74) is 2.27. The molecule has 1 unspecified atom stereocenters. The van der Waals surface area contributed by atoms with Gasteiger partial charge in [-0.3, -0.25) is 19.2 Å². The van der Waals surface area contributed by atoms with Crippen LogP contribution in [0.4, 0.5) is 0 Å². The van der Waals surface area contributed by atoms with Gasteiger partial charge in [-0.2, -0.15) is 0 Å². The number of hydrogen-bond acceptors (Lipinski definition) is 4. The number of carbonyl (C=O) groups excluding carboxylic acids is 3. The van der Waals surface area contributed by atoms with Crippen molar-refractivity contribution in [2.75, 3.05) is 26.7 Å². The summed E-state index contributed by atoms with van der Waals surface area (Å²) in [7, 11) is 1.38. The topological polar surface area (TPSA) is 79.0 Å². The first-order valence-electron chi connectivity index (χ1n) is 7.90. The molecule has 0 aromatic carbocycles. The van der Waals surface area contributed by atoms with E-state index >= 15 is 0 Å². The Labute approximate surface area is 130 Å². The number of amides is 3. The lowest BCUT2D eigenvalue weighted by Gasteiger charge is -2.42. The number of likely N-dealkylation sites (tertiary alicyclic amines) is 2. The van der Waals surface area contributed by atoms with Gasteiger partial charge in [-0.15, -0.1) is 0 Å². The fourth-order valence-electron chi connectivity index (χ4n) is 3.40. The minimum absolute atomic E-state index is 0.0683. The summed E-state index contributed by atoms with van der Waals surface area (Å²) < 4.78 is 0. The van der Waals surface area contributed by atoms with Crippen LogP contribution in [-0.4, -0.2) is 60.3 Å². The van der Waals surface area contributed by atoms with Gasteiger partial charge in [0.2, 0.25) is 17.7 Å². The van der Waals surface area contributed by atoms with Crippen LogP contribution in [0.15, 0.2) is 0 Å².